The van der Waals surface area contributed by atoms with Crippen molar-refractivity contribution in [2.45, 2.75) is 49.3 Å². The number of carbonyl (C=O) groups is 1. The van der Waals surface area contributed by atoms with Gasteiger partial charge in [-0.05, 0) is 62.2 Å². The lowest BCUT2D eigenvalue weighted by atomic mass is 10.1. The molecular weight excluding hydrogens is 386 g/mol. The van der Waals surface area contributed by atoms with Gasteiger partial charge >= 0.3 is 5.69 Å². The molecule has 6 nitrogen and oxygen atoms in total. The first kappa shape index (κ1) is 19.5. The highest BCUT2D eigenvalue weighted by Gasteiger charge is 2.16. The smallest absolute Gasteiger partial charge is 0.322 e. The first-order valence-electron chi connectivity index (χ1n) is 9.90. The molecule has 4 rings (SSSR count). The molecule has 3 aromatic rings. The maximum absolute atomic E-state index is 12.6. The predicted octanol–water partition coefficient (Wildman–Crippen LogP) is 4.00. The van der Waals surface area contributed by atoms with Crippen molar-refractivity contribution >= 4 is 34.3 Å². The van der Waals surface area contributed by atoms with Gasteiger partial charge < -0.3 is 10.3 Å². The second-order valence-electron chi connectivity index (χ2n) is 7.24. The summed E-state index contributed by atoms with van der Waals surface area (Å²) in [6, 6.07) is 12.6. The number of carbonyl (C=O) groups excluding carboxylic acids is 1. The summed E-state index contributed by atoms with van der Waals surface area (Å²) in [5, 5.41) is 3.96. The Kier molecular flexibility index (Phi) is 5.58. The van der Waals surface area contributed by atoms with E-state index in [-0.39, 0.29) is 11.5 Å². The fraction of sp³-hybridized carbons (Fsp3) is 0.318. The second-order valence-corrected chi connectivity index (χ2v) is 8.62. The number of H-pyrrole nitrogens is 1. The molecule has 1 amide bonds. The van der Waals surface area contributed by atoms with Crippen molar-refractivity contribution in [3.05, 3.63) is 68.9 Å². The van der Waals surface area contributed by atoms with Gasteiger partial charge in [0.25, 0.3) is 11.5 Å². The Morgan fingerprint density at radius 1 is 1.14 bits per heavy atom. The number of benzene rings is 2. The molecule has 2 N–H and O–H groups in total. The highest BCUT2D eigenvalue weighted by Crippen LogP contribution is 2.35. The van der Waals surface area contributed by atoms with Gasteiger partial charge in [0.2, 0.25) is 0 Å². The third kappa shape index (κ3) is 4.15. The maximum atomic E-state index is 12.6. The summed E-state index contributed by atoms with van der Waals surface area (Å²) in [5.74, 6) is -0.288. The number of amides is 1. The predicted molar refractivity (Wildman–Crippen MR) is 117 cm³/mol. The van der Waals surface area contributed by atoms with Crippen molar-refractivity contribution in [2.24, 2.45) is 0 Å². The Morgan fingerprint density at radius 2 is 1.86 bits per heavy atom. The van der Waals surface area contributed by atoms with Crippen LogP contribution in [0.3, 0.4) is 0 Å². The van der Waals surface area contributed by atoms with E-state index in [1.165, 1.54) is 36.6 Å². The Bertz CT molecular complexity index is 1160. The molecule has 1 aliphatic carbocycles. The van der Waals surface area contributed by atoms with Crippen LogP contribution < -0.4 is 16.6 Å². The average Bonchev–Trinajstić information content (AvgIpc) is 3.22. The number of hydrogen-bond acceptors (Lipinski definition) is 4. The molecule has 1 aromatic heterocycles. The van der Waals surface area contributed by atoms with E-state index in [2.05, 4.69) is 10.3 Å². The maximum Gasteiger partial charge on any atom is 0.328 e. The van der Waals surface area contributed by atoms with Crippen LogP contribution in [0.1, 0.15) is 43.0 Å². The summed E-state index contributed by atoms with van der Waals surface area (Å²) in [6.45, 7) is 2.03. The van der Waals surface area contributed by atoms with Crippen LogP contribution in [0.2, 0.25) is 0 Å². The molecule has 0 spiro atoms. The van der Waals surface area contributed by atoms with E-state index in [1.807, 2.05) is 36.0 Å². The molecular formula is C22H23N3O3S. The average molecular weight is 410 g/mol. The zero-order valence-corrected chi connectivity index (χ0v) is 17.1. The topological polar surface area (TPSA) is 84.0 Å². The van der Waals surface area contributed by atoms with Crippen LogP contribution in [-0.2, 0) is 6.54 Å². The van der Waals surface area contributed by atoms with Crippen LogP contribution in [0.15, 0.2) is 56.9 Å². The highest BCUT2D eigenvalue weighted by atomic mass is 32.2. The lowest BCUT2D eigenvalue weighted by molar-refractivity contribution is 0.102. The molecule has 0 aliphatic heterocycles. The number of nitrogens with one attached hydrogen (secondary N) is 2. The van der Waals surface area contributed by atoms with Gasteiger partial charge in [0.15, 0.2) is 0 Å². The standard InChI is InChI=1S/C22H23N3O3S/c1-2-25-21(27)18-12-7-14(13-19(18)24-22(25)28)20(26)23-15-8-10-17(11-9-15)29-16-5-3-4-6-16/h7-13,16H,2-6H2,1H3,(H,23,26)(H,24,28). The van der Waals surface area contributed by atoms with Crippen LogP contribution in [-0.4, -0.2) is 20.7 Å². The zero-order valence-electron chi connectivity index (χ0n) is 16.2. The number of fused-ring (bicyclic) bond motifs is 1. The normalized spacial score (nSPS) is 14.4. The molecule has 0 bridgehead atoms. The fourth-order valence-electron chi connectivity index (χ4n) is 3.70. The Morgan fingerprint density at radius 3 is 2.55 bits per heavy atom. The van der Waals surface area contributed by atoms with Crippen LogP contribution in [0.25, 0.3) is 10.9 Å². The first-order valence-corrected chi connectivity index (χ1v) is 10.8. The Hall–Kier alpha value is -2.80. The second kappa shape index (κ2) is 8.29. The van der Waals surface area contributed by atoms with E-state index in [0.717, 1.165) is 4.57 Å². The Labute approximate surface area is 172 Å². The number of nitrogens with zero attached hydrogens (tertiary/aromatic N) is 1. The number of aromatic amines is 1. The number of anilines is 1. The van der Waals surface area contributed by atoms with Crippen LogP contribution in [0.5, 0.6) is 0 Å². The summed E-state index contributed by atoms with van der Waals surface area (Å²) < 4.78 is 1.13. The summed E-state index contributed by atoms with van der Waals surface area (Å²) in [4.78, 5) is 40.9. The van der Waals surface area contributed by atoms with Crippen LogP contribution in [0.4, 0.5) is 5.69 Å². The van der Waals surface area contributed by atoms with Crippen molar-refractivity contribution in [1.82, 2.24) is 9.55 Å². The van der Waals surface area contributed by atoms with Crippen molar-refractivity contribution in [3.8, 4) is 0 Å². The van der Waals surface area contributed by atoms with Gasteiger partial charge in [-0.3, -0.25) is 14.2 Å². The minimum atomic E-state index is -0.474. The van der Waals surface area contributed by atoms with Gasteiger partial charge in [0.1, 0.15) is 0 Å². The third-order valence-corrected chi connectivity index (χ3v) is 6.63. The van der Waals surface area contributed by atoms with Crippen LogP contribution >= 0.6 is 11.8 Å². The molecule has 0 atom stereocenters. The van der Waals surface area contributed by atoms with Crippen molar-refractivity contribution < 1.29 is 4.79 Å². The molecule has 0 saturated heterocycles. The van der Waals surface area contributed by atoms with Gasteiger partial charge in [-0.25, -0.2) is 4.79 Å². The van der Waals surface area contributed by atoms with Gasteiger partial charge in [-0.2, -0.15) is 0 Å². The summed E-state index contributed by atoms with van der Waals surface area (Å²) in [6.07, 6.45) is 5.18. The minimum Gasteiger partial charge on any atom is -0.322 e. The molecule has 1 aliphatic rings. The lowest BCUT2D eigenvalue weighted by Crippen LogP contribution is -2.34. The fourth-order valence-corrected chi connectivity index (χ4v) is 4.95. The molecule has 1 heterocycles. The van der Waals surface area contributed by atoms with E-state index < -0.39 is 5.69 Å². The zero-order chi connectivity index (χ0) is 20.4. The summed E-state index contributed by atoms with van der Waals surface area (Å²) in [5.41, 5.74) is 0.624. The number of rotatable bonds is 5. The van der Waals surface area contributed by atoms with E-state index in [0.29, 0.717) is 33.9 Å². The summed E-state index contributed by atoms with van der Waals surface area (Å²) in [7, 11) is 0. The van der Waals surface area contributed by atoms with Crippen molar-refractivity contribution in [1.29, 1.82) is 0 Å². The first-order chi connectivity index (χ1) is 14.0. The van der Waals surface area contributed by atoms with Crippen molar-refractivity contribution in [3.63, 3.8) is 0 Å². The van der Waals surface area contributed by atoms with E-state index >= 15 is 0 Å². The molecule has 0 radical (unpaired) electrons. The highest BCUT2D eigenvalue weighted by molar-refractivity contribution is 8.00. The quantitative estimate of drug-likeness (QED) is 0.667. The molecule has 2 aromatic carbocycles. The van der Waals surface area contributed by atoms with E-state index in [9.17, 15) is 14.4 Å². The van der Waals surface area contributed by atoms with E-state index in [1.54, 1.807) is 19.1 Å². The van der Waals surface area contributed by atoms with Crippen LogP contribution in [0, 0.1) is 0 Å². The molecule has 1 fully saturated rings. The number of thioether (sulfide) groups is 1. The number of aromatic nitrogens is 2. The summed E-state index contributed by atoms with van der Waals surface area (Å²) >= 11 is 1.90. The SMILES string of the molecule is CCn1c(=O)[nH]c2cc(C(=O)Nc3ccc(SC4CCCC4)cc3)ccc2c1=O. The lowest BCUT2D eigenvalue weighted by Gasteiger charge is -2.10. The monoisotopic (exact) mass is 409 g/mol. The van der Waals surface area contributed by atoms with E-state index in [4.69, 9.17) is 0 Å². The largest absolute Gasteiger partial charge is 0.328 e. The van der Waals surface area contributed by atoms with Gasteiger partial charge in [0, 0.05) is 27.9 Å². The molecule has 150 valence electrons. The minimum absolute atomic E-state index is 0.288. The van der Waals surface area contributed by atoms with Crippen molar-refractivity contribution in [2.75, 3.05) is 5.32 Å². The Balaban J connectivity index is 1.51. The molecule has 0 unspecified atom stereocenters. The molecule has 7 heteroatoms. The van der Waals surface area contributed by atoms with Gasteiger partial charge in [-0.15, -0.1) is 11.8 Å². The molecule has 1 saturated carbocycles. The number of hydrogen-bond donors (Lipinski definition) is 2. The van der Waals surface area contributed by atoms with Gasteiger partial charge in [-0.1, -0.05) is 12.8 Å². The molecule has 29 heavy (non-hydrogen) atoms. The van der Waals surface area contributed by atoms with Gasteiger partial charge in [0.05, 0.1) is 10.9 Å². The third-order valence-electron chi connectivity index (χ3n) is 5.28.